The van der Waals surface area contributed by atoms with Gasteiger partial charge in [0.05, 0.1) is 19.8 Å². The fourth-order valence-electron chi connectivity index (χ4n) is 3.34. The maximum Gasteiger partial charge on any atom is 0.335 e. The standard InChI is InChI=1S/C25H26O4/c1-28-23-15-21(16-24(17-23)29-2)9-8-20-5-3-4-19(14-20)7-6-18-10-12-22(13-11-18)25(26)27/h3-5,10-17H,6-9H2,1-2H3,(H,26,27). The molecule has 4 heteroatoms. The summed E-state index contributed by atoms with van der Waals surface area (Å²) in [5.41, 5.74) is 5.23. The van der Waals surface area contributed by atoms with E-state index in [9.17, 15) is 4.79 Å². The van der Waals surface area contributed by atoms with Gasteiger partial charge >= 0.3 is 5.97 Å². The van der Waals surface area contributed by atoms with Crippen LogP contribution in [0.1, 0.15) is 32.6 Å². The van der Waals surface area contributed by atoms with Gasteiger partial charge in [-0.1, -0.05) is 36.4 Å². The molecule has 0 amide bonds. The van der Waals surface area contributed by atoms with Crippen LogP contribution in [0.15, 0.2) is 66.7 Å². The molecule has 3 aromatic carbocycles. The van der Waals surface area contributed by atoms with Crippen LogP contribution in [-0.4, -0.2) is 25.3 Å². The third kappa shape index (κ3) is 5.85. The van der Waals surface area contributed by atoms with E-state index >= 15 is 0 Å². The Hall–Kier alpha value is -3.27. The Balaban J connectivity index is 1.60. The molecule has 0 saturated carbocycles. The Bertz CT molecular complexity index is 939. The lowest BCUT2D eigenvalue weighted by Crippen LogP contribution is -1.98. The van der Waals surface area contributed by atoms with Crippen molar-refractivity contribution in [2.45, 2.75) is 25.7 Å². The number of hydrogen-bond donors (Lipinski definition) is 1. The van der Waals surface area contributed by atoms with Crippen molar-refractivity contribution >= 4 is 5.97 Å². The van der Waals surface area contributed by atoms with Gasteiger partial charge in [0.1, 0.15) is 11.5 Å². The highest BCUT2D eigenvalue weighted by atomic mass is 16.5. The molecule has 0 spiro atoms. The maximum atomic E-state index is 11.0. The number of aromatic carboxylic acids is 1. The summed E-state index contributed by atoms with van der Waals surface area (Å²) in [4.78, 5) is 11.0. The number of carbonyl (C=O) groups is 1. The summed E-state index contributed by atoms with van der Waals surface area (Å²) < 4.78 is 10.7. The van der Waals surface area contributed by atoms with Gasteiger partial charge in [-0.05, 0) is 72.2 Å². The molecule has 3 rings (SSSR count). The van der Waals surface area contributed by atoms with Gasteiger partial charge in [0.15, 0.2) is 0 Å². The Morgan fingerprint density at radius 1 is 0.690 bits per heavy atom. The van der Waals surface area contributed by atoms with Crippen LogP contribution in [0.5, 0.6) is 11.5 Å². The van der Waals surface area contributed by atoms with Crippen molar-refractivity contribution in [3.8, 4) is 11.5 Å². The summed E-state index contributed by atoms with van der Waals surface area (Å²) >= 11 is 0. The fourth-order valence-corrected chi connectivity index (χ4v) is 3.34. The molecule has 150 valence electrons. The molecule has 0 aromatic heterocycles. The largest absolute Gasteiger partial charge is 0.497 e. The SMILES string of the molecule is COc1cc(CCc2cccc(CCc3ccc(C(=O)O)cc3)c2)cc(OC)c1. The molecule has 0 aliphatic carbocycles. The summed E-state index contributed by atoms with van der Waals surface area (Å²) in [5.74, 6) is 0.724. The molecule has 0 unspecified atom stereocenters. The second-order valence-electron chi connectivity index (χ2n) is 7.04. The van der Waals surface area contributed by atoms with Crippen LogP contribution >= 0.6 is 0 Å². The minimum absolute atomic E-state index is 0.324. The van der Waals surface area contributed by atoms with Crippen molar-refractivity contribution in [2.24, 2.45) is 0 Å². The van der Waals surface area contributed by atoms with E-state index in [-0.39, 0.29) is 0 Å². The molecule has 1 N–H and O–H groups in total. The molecule has 0 bridgehead atoms. The number of benzene rings is 3. The number of methoxy groups -OCH3 is 2. The highest BCUT2D eigenvalue weighted by Crippen LogP contribution is 2.23. The normalized spacial score (nSPS) is 10.6. The first-order valence-electron chi connectivity index (χ1n) is 9.69. The number of rotatable bonds is 9. The number of carboxylic acids is 1. The van der Waals surface area contributed by atoms with Crippen LogP contribution in [0.4, 0.5) is 0 Å². The summed E-state index contributed by atoms with van der Waals surface area (Å²) in [6.07, 6.45) is 3.66. The monoisotopic (exact) mass is 390 g/mol. The van der Waals surface area contributed by atoms with Crippen LogP contribution in [-0.2, 0) is 25.7 Å². The lowest BCUT2D eigenvalue weighted by molar-refractivity contribution is 0.0697. The first kappa shape index (κ1) is 20.5. The van der Waals surface area contributed by atoms with E-state index in [1.807, 2.05) is 30.3 Å². The van der Waals surface area contributed by atoms with Crippen LogP contribution in [0.2, 0.25) is 0 Å². The van der Waals surface area contributed by atoms with Crippen molar-refractivity contribution in [2.75, 3.05) is 14.2 Å². The van der Waals surface area contributed by atoms with E-state index in [0.29, 0.717) is 5.56 Å². The van der Waals surface area contributed by atoms with Crippen molar-refractivity contribution in [1.82, 2.24) is 0 Å². The van der Waals surface area contributed by atoms with Crippen molar-refractivity contribution < 1.29 is 19.4 Å². The second kappa shape index (κ2) is 9.78. The molecule has 0 atom stereocenters. The van der Waals surface area contributed by atoms with Gasteiger partial charge in [-0.15, -0.1) is 0 Å². The van der Waals surface area contributed by atoms with Gasteiger partial charge in [0.2, 0.25) is 0 Å². The van der Waals surface area contributed by atoms with E-state index in [0.717, 1.165) is 42.7 Å². The predicted molar refractivity (Wildman–Crippen MR) is 114 cm³/mol. The van der Waals surface area contributed by atoms with Crippen LogP contribution in [0, 0.1) is 0 Å². The van der Waals surface area contributed by atoms with Gasteiger partial charge < -0.3 is 14.6 Å². The minimum atomic E-state index is -0.891. The number of ether oxygens (including phenoxy) is 2. The zero-order valence-corrected chi connectivity index (χ0v) is 16.9. The van der Waals surface area contributed by atoms with E-state index in [1.54, 1.807) is 26.4 Å². The van der Waals surface area contributed by atoms with Gasteiger partial charge in [0.25, 0.3) is 0 Å². The maximum absolute atomic E-state index is 11.0. The summed E-state index contributed by atoms with van der Waals surface area (Å²) in [7, 11) is 3.33. The van der Waals surface area contributed by atoms with Gasteiger partial charge in [-0.25, -0.2) is 4.79 Å². The zero-order chi connectivity index (χ0) is 20.6. The van der Waals surface area contributed by atoms with Gasteiger partial charge in [-0.2, -0.15) is 0 Å². The van der Waals surface area contributed by atoms with E-state index in [4.69, 9.17) is 14.6 Å². The molecule has 29 heavy (non-hydrogen) atoms. The highest BCUT2D eigenvalue weighted by Gasteiger charge is 2.05. The summed E-state index contributed by atoms with van der Waals surface area (Å²) in [6, 6.07) is 21.7. The predicted octanol–water partition coefficient (Wildman–Crippen LogP) is 4.97. The summed E-state index contributed by atoms with van der Waals surface area (Å²) in [6.45, 7) is 0. The molecule has 0 heterocycles. The number of hydrogen-bond acceptors (Lipinski definition) is 3. The lowest BCUT2D eigenvalue weighted by Gasteiger charge is -2.09. The third-order valence-electron chi connectivity index (χ3n) is 5.01. The van der Waals surface area contributed by atoms with Crippen molar-refractivity contribution in [3.63, 3.8) is 0 Å². The quantitative estimate of drug-likeness (QED) is 0.560. The highest BCUT2D eigenvalue weighted by molar-refractivity contribution is 5.87. The average molecular weight is 390 g/mol. The van der Waals surface area contributed by atoms with Crippen LogP contribution < -0.4 is 9.47 Å². The Morgan fingerprint density at radius 2 is 1.21 bits per heavy atom. The fraction of sp³-hybridized carbons (Fsp3) is 0.240. The van der Waals surface area contributed by atoms with Crippen LogP contribution in [0.3, 0.4) is 0 Å². The van der Waals surface area contributed by atoms with Gasteiger partial charge in [-0.3, -0.25) is 0 Å². The second-order valence-corrected chi connectivity index (χ2v) is 7.04. The molecule has 0 radical (unpaired) electrons. The third-order valence-corrected chi connectivity index (χ3v) is 5.01. The summed E-state index contributed by atoms with van der Waals surface area (Å²) in [5, 5.41) is 8.99. The zero-order valence-electron chi connectivity index (χ0n) is 16.9. The molecular weight excluding hydrogens is 364 g/mol. The first-order valence-corrected chi connectivity index (χ1v) is 9.69. The molecule has 0 aliphatic heterocycles. The van der Waals surface area contributed by atoms with Crippen molar-refractivity contribution in [3.05, 3.63) is 94.5 Å². The molecule has 3 aromatic rings. The number of carboxylic acid groups (broad SMARTS) is 1. The first-order chi connectivity index (χ1) is 14.1. The van der Waals surface area contributed by atoms with Crippen LogP contribution in [0.25, 0.3) is 0 Å². The van der Waals surface area contributed by atoms with E-state index in [2.05, 4.69) is 24.3 Å². The Kier molecular flexibility index (Phi) is 6.90. The lowest BCUT2D eigenvalue weighted by atomic mass is 9.99. The average Bonchev–Trinajstić information content (AvgIpc) is 2.76. The van der Waals surface area contributed by atoms with E-state index in [1.165, 1.54) is 16.7 Å². The van der Waals surface area contributed by atoms with E-state index < -0.39 is 5.97 Å². The number of aryl methyl sites for hydroxylation is 4. The minimum Gasteiger partial charge on any atom is -0.497 e. The molecule has 0 aliphatic rings. The topological polar surface area (TPSA) is 55.8 Å². The Labute approximate surface area is 171 Å². The molecular formula is C25H26O4. The van der Waals surface area contributed by atoms with Crippen molar-refractivity contribution in [1.29, 1.82) is 0 Å². The Morgan fingerprint density at radius 3 is 1.72 bits per heavy atom. The smallest absolute Gasteiger partial charge is 0.335 e. The van der Waals surface area contributed by atoms with Gasteiger partial charge in [0, 0.05) is 6.07 Å². The molecule has 0 saturated heterocycles. The molecule has 0 fully saturated rings. The molecule has 4 nitrogen and oxygen atoms in total.